The first-order valence-electron chi connectivity index (χ1n) is 7.87. The maximum absolute atomic E-state index is 4.85. The largest absolute Gasteiger partial charge is 0.260 e. The van der Waals surface area contributed by atoms with E-state index in [4.69, 9.17) is 10.1 Å². The van der Waals surface area contributed by atoms with Crippen LogP contribution in [0.1, 0.15) is 40.6 Å². The maximum atomic E-state index is 4.85. The minimum absolute atomic E-state index is 0.469. The third-order valence-electron chi connectivity index (χ3n) is 3.96. The SMILES string of the molecule is CC(C)c1ccc2c(c1)C(c1cccs1)=NNC(c1cccs1)=N2. The van der Waals surface area contributed by atoms with E-state index in [2.05, 4.69) is 66.4 Å². The van der Waals surface area contributed by atoms with E-state index in [1.165, 1.54) is 5.56 Å². The standard InChI is InChI=1S/C19H17N3S2/c1-12(2)13-7-8-15-14(11-13)18(16-5-3-9-23-16)21-22-19(20-15)17-6-4-10-24-17/h3-12H,1-2H3,(H,20,22). The fourth-order valence-electron chi connectivity index (χ4n) is 2.64. The highest BCUT2D eigenvalue weighted by Crippen LogP contribution is 2.30. The molecule has 2 aromatic heterocycles. The van der Waals surface area contributed by atoms with Crippen LogP contribution in [0.25, 0.3) is 0 Å². The molecule has 1 aliphatic rings. The second kappa shape index (κ2) is 6.34. The quantitative estimate of drug-likeness (QED) is 0.677. The third-order valence-corrected chi connectivity index (χ3v) is 5.71. The molecule has 0 saturated heterocycles. The van der Waals surface area contributed by atoms with Gasteiger partial charge >= 0.3 is 0 Å². The van der Waals surface area contributed by atoms with Crippen LogP contribution in [0.2, 0.25) is 0 Å². The topological polar surface area (TPSA) is 36.8 Å². The van der Waals surface area contributed by atoms with Crippen molar-refractivity contribution in [2.75, 3.05) is 0 Å². The molecule has 3 aromatic rings. The van der Waals surface area contributed by atoms with Gasteiger partial charge in [0.25, 0.3) is 0 Å². The van der Waals surface area contributed by atoms with Crippen molar-refractivity contribution < 1.29 is 0 Å². The second-order valence-electron chi connectivity index (χ2n) is 5.92. The Kier molecular flexibility index (Phi) is 4.04. The Morgan fingerprint density at radius 1 is 0.958 bits per heavy atom. The van der Waals surface area contributed by atoms with Crippen molar-refractivity contribution in [3.05, 3.63) is 74.1 Å². The van der Waals surface area contributed by atoms with Gasteiger partial charge in [-0.2, -0.15) is 5.10 Å². The van der Waals surface area contributed by atoms with E-state index < -0.39 is 0 Å². The van der Waals surface area contributed by atoms with Gasteiger partial charge in [-0.3, -0.25) is 5.43 Å². The average Bonchev–Trinajstić information content (AvgIpc) is 3.26. The lowest BCUT2D eigenvalue weighted by Gasteiger charge is -2.11. The van der Waals surface area contributed by atoms with Crippen molar-refractivity contribution in [2.24, 2.45) is 10.1 Å². The second-order valence-corrected chi connectivity index (χ2v) is 7.81. The highest BCUT2D eigenvalue weighted by atomic mass is 32.1. The van der Waals surface area contributed by atoms with Gasteiger partial charge in [0, 0.05) is 5.56 Å². The first-order valence-corrected chi connectivity index (χ1v) is 9.63. The monoisotopic (exact) mass is 351 g/mol. The van der Waals surface area contributed by atoms with Gasteiger partial charge < -0.3 is 0 Å². The smallest absolute Gasteiger partial charge is 0.164 e. The lowest BCUT2D eigenvalue weighted by molar-refractivity contribution is 0.866. The van der Waals surface area contributed by atoms with E-state index in [1.54, 1.807) is 22.7 Å². The predicted molar refractivity (Wildman–Crippen MR) is 104 cm³/mol. The summed E-state index contributed by atoms with van der Waals surface area (Å²) in [5.41, 5.74) is 7.47. The number of amidine groups is 1. The van der Waals surface area contributed by atoms with Crippen molar-refractivity contribution in [3.63, 3.8) is 0 Å². The molecule has 0 spiro atoms. The molecule has 4 rings (SSSR count). The number of aliphatic imine (C=N–C) groups is 1. The molecule has 3 nitrogen and oxygen atoms in total. The summed E-state index contributed by atoms with van der Waals surface area (Å²) in [5.74, 6) is 1.27. The Morgan fingerprint density at radius 2 is 1.71 bits per heavy atom. The van der Waals surface area contributed by atoms with Crippen LogP contribution in [-0.2, 0) is 0 Å². The molecule has 0 bridgehead atoms. The average molecular weight is 352 g/mol. The summed E-state index contributed by atoms with van der Waals surface area (Å²) in [5, 5.41) is 8.83. The van der Waals surface area contributed by atoms with Gasteiger partial charge in [-0.1, -0.05) is 32.0 Å². The number of hydrazone groups is 1. The van der Waals surface area contributed by atoms with E-state index in [9.17, 15) is 0 Å². The number of benzene rings is 1. The van der Waals surface area contributed by atoms with E-state index in [0.29, 0.717) is 5.92 Å². The molecule has 1 aliphatic heterocycles. The molecule has 0 aliphatic carbocycles. The molecule has 0 amide bonds. The fraction of sp³-hybridized carbons (Fsp3) is 0.158. The van der Waals surface area contributed by atoms with Gasteiger partial charge in [0.2, 0.25) is 0 Å². The highest BCUT2D eigenvalue weighted by Gasteiger charge is 2.19. The maximum Gasteiger partial charge on any atom is 0.164 e. The molecule has 24 heavy (non-hydrogen) atoms. The Bertz CT molecular complexity index is 904. The van der Waals surface area contributed by atoms with E-state index in [-0.39, 0.29) is 0 Å². The van der Waals surface area contributed by atoms with Crippen molar-refractivity contribution in [3.8, 4) is 0 Å². The molecule has 0 radical (unpaired) electrons. The summed E-state index contributed by atoms with van der Waals surface area (Å²) < 4.78 is 0. The number of nitrogens with one attached hydrogen (secondary N) is 1. The highest BCUT2D eigenvalue weighted by molar-refractivity contribution is 7.12. The van der Waals surface area contributed by atoms with Gasteiger partial charge in [-0.05, 0) is 46.5 Å². The van der Waals surface area contributed by atoms with Crippen LogP contribution < -0.4 is 5.43 Å². The Morgan fingerprint density at radius 3 is 2.38 bits per heavy atom. The number of nitrogens with zero attached hydrogens (tertiary/aromatic N) is 2. The lowest BCUT2D eigenvalue weighted by Crippen LogP contribution is -2.18. The Balaban J connectivity index is 1.90. The predicted octanol–water partition coefficient (Wildman–Crippen LogP) is 5.37. The zero-order chi connectivity index (χ0) is 16.5. The molecule has 0 saturated carbocycles. The molecule has 1 N–H and O–H groups in total. The molecule has 5 heteroatoms. The molecule has 3 heterocycles. The van der Waals surface area contributed by atoms with Gasteiger partial charge in [0.15, 0.2) is 5.84 Å². The number of hydrogen-bond donors (Lipinski definition) is 1. The van der Waals surface area contributed by atoms with Crippen LogP contribution in [0.5, 0.6) is 0 Å². The molecule has 0 unspecified atom stereocenters. The Hall–Kier alpha value is -2.24. The van der Waals surface area contributed by atoms with Crippen LogP contribution in [0, 0.1) is 0 Å². The summed E-state index contributed by atoms with van der Waals surface area (Å²) in [6.45, 7) is 4.41. The summed E-state index contributed by atoms with van der Waals surface area (Å²) in [4.78, 5) is 7.08. The first kappa shape index (κ1) is 15.3. The van der Waals surface area contributed by atoms with Crippen LogP contribution >= 0.6 is 22.7 Å². The number of fused-ring (bicyclic) bond motifs is 1. The molecule has 0 fully saturated rings. The molecular formula is C19H17N3S2. The first-order chi connectivity index (χ1) is 11.7. The van der Waals surface area contributed by atoms with Crippen molar-refractivity contribution >= 4 is 39.9 Å². The molecule has 1 aromatic carbocycles. The van der Waals surface area contributed by atoms with E-state index >= 15 is 0 Å². The zero-order valence-corrected chi connectivity index (χ0v) is 15.1. The van der Waals surface area contributed by atoms with E-state index in [1.807, 2.05) is 6.07 Å². The molecule has 120 valence electrons. The summed E-state index contributed by atoms with van der Waals surface area (Å²) in [6, 6.07) is 14.7. The summed E-state index contributed by atoms with van der Waals surface area (Å²) in [6.07, 6.45) is 0. The van der Waals surface area contributed by atoms with Gasteiger partial charge in [0.1, 0.15) is 5.71 Å². The van der Waals surface area contributed by atoms with Crippen LogP contribution in [-0.4, -0.2) is 11.5 Å². The van der Waals surface area contributed by atoms with Crippen LogP contribution in [0.4, 0.5) is 5.69 Å². The van der Waals surface area contributed by atoms with Gasteiger partial charge in [0.05, 0.1) is 15.4 Å². The molecule has 0 atom stereocenters. The Labute approximate surface area is 149 Å². The van der Waals surface area contributed by atoms with Gasteiger partial charge in [-0.15, -0.1) is 22.7 Å². The summed E-state index contributed by atoms with van der Waals surface area (Å²) >= 11 is 3.36. The van der Waals surface area contributed by atoms with Crippen molar-refractivity contribution in [1.82, 2.24) is 5.43 Å². The van der Waals surface area contributed by atoms with Gasteiger partial charge in [-0.25, -0.2) is 4.99 Å². The zero-order valence-electron chi connectivity index (χ0n) is 13.5. The minimum Gasteiger partial charge on any atom is -0.260 e. The number of hydrogen-bond acceptors (Lipinski definition) is 5. The van der Waals surface area contributed by atoms with E-state index in [0.717, 1.165) is 32.6 Å². The third kappa shape index (κ3) is 2.81. The van der Waals surface area contributed by atoms with Crippen molar-refractivity contribution in [1.29, 1.82) is 0 Å². The lowest BCUT2D eigenvalue weighted by atomic mass is 9.97. The fourth-order valence-corrected chi connectivity index (χ4v) is 4.03. The number of rotatable bonds is 3. The van der Waals surface area contributed by atoms with Crippen LogP contribution in [0.3, 0.4) is 0 Å². The van der Waals surface area contributed by atoms with Crippen LogP contribution in [0.15, 0.2) is 63.3 Å². The minimum atomic E-state index is 0.469. The normalized spacial score (nSPS) is 13.8. The molecular weight excluding hydrogens is 334 g/mol. The number of thiophene rings is 2. The summed E-state index contributed by atoms with van der Waals surface area (Å²) in [7, 11) is 0. The van der Waals surface area contributed by atoms with Crippen molar-refractivity contribution in [2.45, 2.75) is 19.8 Å².